The zero-order valence-corrected chi connectivity index (χ0v) is 11.8. The van der Waals surface area contributed by atoms with Gasteiger partial charge in [-0.1, -0.05) is 17.3 Å². The summed E-state index contributed by atoms with van der Waals surface area (Å²) >= 11 is 0. The summed E-state index contributed by atoms with van der Waals surface area (Å²) in [6, 6.07) is 9.53. The van der Waals surface area contributed by atoms with Gasteiger partial charge in [-0.15, -0.1) is 5.10 Å². The van der Waals surface area contributed by atoms with Gasteiger partial charge in [0, 0.05) is 6.20 Å². The van der Waals surface area contributed by atoms with Crippen LogP contribution in [0.1, 0.15) is 13.0 Å². The molecule has 2 aromatic heterocycles. The number of nitrogens with zero attached hydrogens (tertiary/aromatic N) is 4. The van der Waals surface area contributed by atoms with Crippen molar-refractivity contribution in [3.05, 3.63) is 59.1 Å². The van der Waals surface area contributed by atoms with Crippen molar-refractivity contribution in [3.8, 4) is 0 Å². The predicted molar refractivity (Wildman–Crippen MR) is 81.4 cm³/mol. The van der Waals surface area contributed by atoms with E-state index in [1.165, 1.54) is 6.20 Å². The number of pyridine rings is 1. The second-order valence-electron chi connectivity index (χ2n) is 4.76. The molecular formula is C15H13N5O2. The number of amides is 1. The molecule has 1 N–H and O–H groups in total. The predicted octanol–water partition coefficient (Wildman–Crippen LogP) is 1.39. The number of hydrogen-bond donors (Lipinski definition) is 1. The van der Waals surface area contributed by atoms with Crippen LogP contribution in [0.5, 0.6) is 0 Å². The molecule has 3 rings (SSSR count). The van der Waals surface area contributed by atoms with Gasteiger partial charge in [0.1, 0.15) is 11.6 Å². The average Bonchev–Trinajstić information content (AvgIpc) is 2.56. The van der Waals surface area contributed by atoms with E-state index in [2.05, 4.69) is 20.6 Å². The second kappa shape index (κ2) is 5.72. The van der Waals surface area contributed by atoms with Crippen LogP contribution in [-0.4, -0.2) is 25.9 Å². The van der Waals surface area contributed by atoms with E-state index >= 15 is 0 Å². The van der Waals surface area contributed by atoms with E-state index in [1.807, 2.05) is 0 Å². The number of carbonyl (C=O) groups excluding carboxylic acids is 1. The third-order valence-electron chi connectivity index (χ3n) is 3.27. The second-order valence-corrected chi connectivity index (χ2v) is 4.76. The lowest BCUT2D eigenvalue weighted by Crippen LogP contribution is -2.34. The Hall–Kier alpha value is -3.09. The van der Waals surface area contributed by atoms with Gasteiger partial charge in [0.15, 0.2) is 0 Å². The maximum Gasteiger partial charge on any atom is 0.278 e. The van der Waals surface area contributed by atoms with Crippen LogP contribution in [0.15, 0.2) is 53.6 Å². The zero-order valence-electron chi connectivity index (χ0n) is 11.8. The topological polar surface area (TPSA) is 89.8 Å². The maximum atomic E-state index is 12.4. The largest absolute Gasteiger partial charge is 0.323 e. The summed E-state index contributed by atoms with van der Waals surface area (Å²) in [4.78, 5) is 28.5. The molecule has 0 unspecified atom stereocenters. The summed E-state index contributed by atoms with van der Waals surface area (Å²) in [5.41, 5.74) is 0.712. The van der Waals surface area contributed by atoms with Crippen molar-refractivity contribution in [3.63, 3.8) is 0 Å². The summed E-state index contributed by atoms with van der Waals surface area (Å²) in [6.45, 7) is 1.59. The summed E-state index contributed by atoms with van der Waals surface area (Å²) in [5.74, 6) is -0.361. The highest BCUT2D eigenvalue weighted by Crippen LogP contribution is 2.10. The standard InChI is InChI=1S/C15H13N5O2/c1-10(14(21)17-11-5-4-8-16-9-11)20-15(22)12-6-2-3-7-13(12)18-19-20/h2-10H,1H3,(H,17,21)/t10-/m0/s1. The van der Waals surface area contributed by atoms with Gasteiger partial charge in [-0.2, -0.15) is 4.68 Å². The van der Waals surface area contributed by atoms with Crippen molar-refractivity contribution >= 4 is 22.5 Å². The van der Waals surface area contributed by atoms with E-state index < -0.39 is 6.04 Å². The van der Waals surface area contributed by atoms with Gasteiger partial charge in [0.2, 0.25) is 5.91 Å². The molecule has 7 nitrogen and oxygen atoms in total. The summed E-state index contributed by atoms with van der Waals surface area (Å²) in [7, 11) is 0. The Morgan fingerprint density at radius 1 is 1.23 bits per heavy atom. The van der Waals surface area contributed by atoms with E-state index in [0.717, 1.165) is 4.68 Å². The van der Waals surface area contributed by atoms with Gasteiger partial charge >= 0.3 is 0 Å². The molecule has 0 aliphatic heterocycles. The molecule has 0 saturated heterocycles. The number of benzene rings is 1. The number of aromatic nitrogens is 4. The normalized spacial score (nSPS) is 12.0. The minimum Gasteiger partial charge on any atom is -0.323 e. The fraction of sp³-hybridized carbons (Fsp3) is 0.133. The van der Waals surface area contributed by atoms with Gasteiger partial charge in [-0.25, -0.2) is 0 Å². The van der Waals surface area contributed by atoms with Gasteiger partial charge in [-0.3, -0.25) is 14.6 Å². The Morgan fingerprint density at radius 2 is 2.05 bits per heavy atom. The van der Waals surface area contributed by atoms with Crippen LogP contribution in [0, 0.1) is 0 Å². The van der Waals surface area contributed by atoms with E-state index in [9.17, 15) is 9.59 Å². The Balaban J connectivity index is 1.92. The number of carbonyl (C=O) groups is 1. The van der Waals surface area contributed by atoms with Crippen molar-refractivity contribution in [2.75, 3.05) is 5.32 Å². The molecule has 1 aromatic carbocycles. The number of anilines is 1. The first-order valence-corrected chi connectivity index (χ1v) is 6.72. The molecule has 0 aliphatic carbocycles. The Kier molecular flexibility index (Phi) is 3.61. The molecule has 2 heterocycles. The summed E-state index contributed by atoms with van der Waals surface area (Å²) in [6.07, 6.45) is 3.14. The molecule has 110 valence electrons. The van der Waals surface area contributed by atoms with E-state index in [0.29, 0.717) is 16.6 Å². The van der Waals surface area contributed by atoms with Gasteiger partial charge in [0.25, 0.3) is 5.56 Å². The molecule has 1 amide bonds. The zero-order chi connectivity index (χ0) is 15.5. The van der Waals surface area contributed by atoms with E-state index in [-0.39, 0.29) is 11.5 Å². The smallest absolute Gasteiger partial charge is 0.278 e. The molecule has 0 radical (unpaired) electrons. The van der Waals surface area contributed by atoms with Crippen molar-refractivity contribution in [1.82, 2.24) is 20.0 Å². The van der Waals surface area contributed by atoms with Crippen LogP contribution in [0.25, 0.3) is 10.9 Å². The molecule has 7 heteroatoms. The van der Waals surface area contributed by atoms with E-state index in [1.54, 1.807) is 49.5 Å². The SMILES string of the molecule is C[C@@H](C(=O)Nc1cccnc1)n1nnc2ccccc2c1=O. The molecule has 3 aromatic rings. The average molecular weight is 295 g/mol. The highest BCUT2D eigenvalue weighted by molar-refractivity contribution is 5.93. The highest BCUT2D eigenvalue weighted by atomic mass is 16.2. The maximum absolute atomic E-state index is 12.4. The molecule has 0 aliphatic rings. The van der Waals surface area contributed by atoms with Crippen LogP contribution < -0.4 is 10.9 Å². The fourth-order valence-electron chi connectivity index (χ4n) is 2.05. The van der Waals surface area contributed by atoms with Crippen LogP contribution in [0.2, 0.25) is 0 Å². The first kappa shape index (κ1) is 13.9. The fourth-order valence-corrected chi connectivity index (χ4v) is 2.05. The van der Waals surface area contributed by atoms with Crippen LogP contribution in [-0.2, 0) is 4.79 Å². The quantitative estimate of drug-likeness (QED) is 0.788. The third-order valence-corrected chi connectivity index (χ3v) is 3.27. The molecular weight excluding hydrogens is 282 g/mol. The lowest BCUT2D eigenvalue weighted by Gasteiger charge is -2.13. The van der Waals surface area contributed by atoms with Gasteiger partial charge in [0.05, 0.1) is 17.3 Å². The number of hydrogen-bond acceptors (Lipinski definition) is 5. The first-order valence-electron chi connectivity index (χ1n) is 6.72. The molecule has 0 fully saturated rings. The molecule has 0 saturated carbocycles. The lowest BCUT2D eigenvalue weighted by molar-refractivity contribution is -0.119. The Labute approximate surface area is 125 Å². The molecule has 0 spiro atoms. The van der Waals surface area contributed by atoms with Crippen LogP contribution in [0.3, 0.4) is 0 Å². The first-order chi connectivity index (χ1) is 10.7. The highest BCUT2D eigenvalue weighted by Gasteiger charge is 2.19. The molecule has 22 heavy (non-hydrogen) atoms. The number of rotatable bonds is 3. The van der Waals surface area contributed by atoms with Crippen LogP contribution in [0.4, 0.5) is 5.69 Å². The van der Waals surface area contributed by atoms with Crippen molar-refractivity contribution in [1.29, 1.82) is 0 Å². The number of nitrogens with one attached hydrogen (secondary N) is 1. The summed E-state index contributed by atoms with van der Waals surface area (Å²) in [5, 5.41) is 10.9. The number of fused-ring (bicyclic) bond motifs is 1. The Morgan fingerprint density at radius 3 is 2.82 bits per heavy atom. The third kappa shape index (κ3) is 2.56. The van der Waals surface area contributed by atoms with Crippen LogP contribution >= 0.6 is 0 Å². The summed E-state index contributed by atoms with van der Waals surface area (Å²) < 4.78 is 1.08. The lowest BCUT2D eigenvalue weighted by atomic mass is 10.2. The van der Waals surface area contributed by atoms with Gasteiger partial charge in [-0.05, 0) is 31.2 Å². The van der Waals surface area contributed by atoms with Crippen molar-refractivity contribution in [2.24, 2.45) is 0 Å². The monoisotopic (exact) mass is 295 g/mol. The minimum absolute atomic E-state index is 0.348. The molecule has 0 bridgehead atoms. The molecule has 1 atom stereocenters. The van der Waals surface area contributed by atoms with Crippen molar-refractivity contribution in [2.45, 2.75) is 13.0 Å². The Bertz CT molecular complexity index is 876. The minimum atomic E-state index is -0.787. The van der Waals surface area contributed by atoms with Gasteiger partial charge < -0.3 is 5.32 Å². The van der Waals surface area contributed by atoms with E-state index in [4.69, 9.17) is 0 Å². The van der Waals surface area contributed by atoms with Crippen molar-refractivity contribution < 1.29 is 4.79 Å².